The van der Waals surface area contributed by atoms with E-state index in [1.165, 1.54) is 0 Å². The van der Waals surface area contributed by atoms with Gasteiger partial charge in [-0.1, -0.05) is 20.8 Å². The minimum absolute atomic E-state index is 0.287. The predicted octanol–water partition coefficient (Wildman–Crippen LogP) is 2.18. The summed E-state index contributed by atoms with van der Waals surface area (Å²) < 4.78 is 5.65. The summed E-state index contributed by atoms with van der Waals surface area (Å²) in [6.45, 7) is 8.27. The van der Waals surface area contributed by atoms with Crippen molar-refractivity contribution in [2.75, 3.05) is 20.2 Å². The van der Waals surface area contributed by atoms with Crippen LogP contribution in [-0.2, 0) is 9.53 Å². The molecule has 2 rings (SSSR count). The van der Waals surface area contributed by atoms with E-state index in [0.717, 1.165) is 38.8 Å². The Balaban J connectivity index is 1.90. The lowest BCUT2D eigenvalue weighted by Gasteiger charge is -2.56. The van der Waals surface area contributed by atoms with Crippen molar-refractivity contribution < 1.29 is 9.53 Å². The maximum atomic E-state index is 11.7. The van der Waals surface area contributed by atoms with Gasteiger partial charge in [-0.25, -0.2) is 0 Å². The van der Waals surface area contributed by atoms with Gasteiger partial charge < -0.3 is 15.0 Å². The summed E-state index contributed by atoms with van der Waals surface area (Å²) in [4.78, 5) is 13.7. The van der Waals surface area contributed by atoms with Crippen molar-refractivity contribution in [2.24, 2.45) is 5.41 Å². The lowest BCUT2D eigenvalue weighted by atomic mass is 9.58. The van der Waals surface area contributed by atoms with E-state index in [9.17, 15) is 4.79 Å². The first-order valence-corrected chi connectivity index (χ1v) is 8.17. The van der Waals surface area contributed by atoms with Gasteiger partial charge in [-0.15, -0.1) is 0 Å². The molecule has 0 unspecified atom stereocenters. The third-order valence-electron chi connectivity index (χ3n) is 5.67. The van der Waals surface area contributed by atoms with Gasteiger partial charge in [0.15, 0.2) is 0 Å². The fourth-order valence-electron chi connectivity index (χ4n) is 4.14. The van der Waals surface area contributed by atoms with Gasteiger partial charge in [0.05, 0.1) is 6.10 Å². The lowest BCUT2D eigenvalue weighted by molar-refractivity contribution is -0.131. The van der Waals surface area contributed by atoms with Crippen molar-refractivity contribution in [1.82, 2.24) is 10.2 Å². The van der Waals surface area contributed by atoms with Crippen molar-refractivity contribution in [3.63, 3.8) is 0 Å². The van der Waals surface area contributed by atoms with Gasteiger partial charge in [-0.2, -0.15) is 0 Å². The van der Waals surface area contributed by atoms with E-state index >= 15 is 0 Å². The number of nitrogens with zero attached hydrogens (tertiary/aromatic N) is 1. The second-order valence-electron chi connectivity index (χ2n) is 6.30. The van der Waals surface area contributed by atoms with Crippen LogP contribution in [0.1, 0.15) is 52.9 Å². The molecule has 4 heteroatoms. The minimum Gasteiger partial charge on any atom is -0.381 e. The molecule has 3 atom stereocenters. The molecule has 116 valence electrons. The molecule has 0 aromatic heterocycles. The van der Waals surface area contributed by atoms with Gasteiger partial charge in [0.2, 0.25) is 5.91 Å². The molecule has 1 aliphatic carbocycles. The molecule has 0 spiro atoms. The fraction of sp³-hybridized carbons (Fsp3) is 0.938. The number of amides is 1. The highest BCUT2D eigenvalue weighted by Gasteiger charge is 2.53. The molecule has 1 heterocycles. The number of ether oxygens (including phenoxy) is 1. The van der Waals surface area contributed by atoms with Gasteiger partial charge in [0, 0.05) is 44.1 Å². The van der Waals surface area contributed by atoms with E-state index in [0.29, 0.717) is 24.6 Å². The smallest absolute Gasteiger partial charge is 0.222 e. The first kappa shape index (κ1) is 15.8. The van der Waals surface area contributed by atoms with Crippen LogP contribution in [0.15, 0.2) is 0 Å². The Bertz CT molecular complexity index is 341. The molecule has 1 saturated heterocycles. The lowest BCUT2D eigenvalue weighted by Crippen LogP contribution is -2.65. The largest absolute Gasteiger partial charge is 0.381 e. The average molecular weight is 282 g/mol. The minimum atomic E-state index is 0.287. The number of rotatable bonds is 6. The average Bonchev–Trinajstić information content (AvgIpc) is 2.92. The molecule has 2 aliphatic rings. The number of hydrogen-bond donors (Lipinski definition) is 1. The zero-order valence-electron chi connectivity index (χ0n) is 13.4. The number of carbonyl (C=O) groups is 1. The van der Waals surface area contributed by atoms with E-state index in [1.54, 1.807) is 0 Å². The fourth-order valence-corrected chi connectivity index (χ4v) is 4.14. The summed E-state index contributed by atoms with van der Waals surface area (Å²) >= 11 is 0. The van der Waals surface area contributed by atoms with E-state index < -0.39 is 0 Å². The Morgan fingerprint density at radius 2 is 2.05 bits per heavy atom. The highest BCUT2D eigenvalue weighted by atomic mass is 16.5. The Kier molecular flexibility index (Phi) is 5.08. The molecule has 0 bridgehead atoms. The molecule has 2 fully saturated rings. The van der Waals surface area contributed by atoms with Crippen LogP contribution in [0.25, 0.3) is 0 Å². The molecule has 1 saturated carbocycles. The number of methoxy groups -OCH3 is 1. The van der Waals surface area contributed by atoms with E-state index in [4.69, 9.17) is 4.74 Å². The third kappa shape index (κ3) is 2.60. The second kappa shape index (κ2) is 6.44. The quantitative estimate of drug-likeness (QED) is 0.812. The maximum absolute atomic E-state index is 11.7. The number of likely N-dealkylation sites (tertiary alicyclic amines) is 1. The first-order chi connectivity index (χ1) is 9.61. The Morgan fingerprint density at radius 3 is 2.60 bits per heavy atom. The van der Waals surface area contributed by atoms with Crippen molar-refractivity contribution in [1.29, 1.82) is 0 Å². The topological polar surface area (TPSA) is 41.6 Å². The first-order valence-electron chi connectivity index (χ1n) is 8.17. The summed E-state index contributed by atoms with van der Waals surface area (Å²) in [6, 6.07) is 1.01. The van der Waals surface area contributed by atoms with Crippen LogP contribution in [0, 0.1) is 5.41 Å². The van der Waals surface area contributed by atoms with Gasteiger partial charge in [0.25, 0.3) is 0 Å². The summed E-state index contributed by atoms with van der Waals surface area (Å²) in [5, 5.41) is 3.81. The summed E-state index contributed by atoms with van der Waals surface area (Å²) in [7, 11) is 1.83. The van der Waals surface area contributed by atoms with Crippen LogP contribution in [-0.4, -0.2) is 49.2 Å². The molecule has 1 amide bonds. The zero-order valence-corrected chi connectivity index (χ0v) is 13.4. The molecule has 1 N–H and O–H groups in total. The van der Waals surface area contributed by atoms with Crippen molar-refractivity contribution in [3.05, 3.63) is 0 Å². The second-order valence-corrected chi connectivity index (χ2v) is 6.30. The maximum Gasteiger partial charge on any atom is 0.222 e. The molecular weight excluding hydrogens is 252 g/mol. The highest BCUT2D eigenvalue weighted by molar-refractivity contribution is 5.76. The normalized spacial score (nSPS) is 32.2. The van der Waals surface area contributed by atoms with Crippen molar-refractivity contribution in [2.45, 2.75) is 71.1 Å². The Labute approximate surface area is 123 Å². The predicted molar refractivity (Wildman–Crippen MR) is 80.6 cm³/mol. The molecule has 20 heavy (non-hydrogen) atoms. The van der Waals surface area contributed by atoms with Crippen molar-refractivity contribution in [3.8, 4) is 0 Å². The van der Waals surface area contributed by atoms with Gasteiger partial charge in [-0.3, -0.25) is 4.79 Å². The van der Waals surface area contributed by atoms with Crippen LogP contribution < -0.4 is 5.32 Å². The van der Waals surface area contributed by atoms with Crippen LogP contribution in [0.4, 0.5) is 0 Å². The number of carbonyl (C=O) groups excluding carboxylic acids is 1. The standard InChI is InChI=1S/C16H30N2O2/c1-5-15(19)18-9-8-12(11-18)17-13-10-14(20-4)16(13,6-2)7-3/h12-14,17H,5-11H2,1-4H3/t12-,13-,14-/m0/s1. The molecule has 4 nitrogen and oxygen atoms in total. The molecule has 0 aromatic carbocycles. The summed E-state index contributed by atoms with van der Waals surface area (Å²) in [6.07, 6.45) is 5.52. The SMILES string of the molecule is CCC(=O)N1CC[C@H](N[C@H]2C[C@H](OC)C2(CC)CC)C1. The van der Waals surface area contributed by atoms with Gasteiger partial charge >= 0.3 is 0 Å². The molecule has 0 aromatic rings. The summed E-state index contributed by atoms with van der Waals surface area (Å²) in [5.74, 6) is 0.287. The van der Waals surface area contributed by atoms with Gasteiger partial charge in [-0.05, 0) is 25.7 Å². The number of hydrogen-bond acceptors (Lipinski definition) is 3. The van der Waals surface area contributed by atoms with E-state index in [-0.39, 0.29) is 11.3 Å². The highest BCUT2D eigenvalue weighted by Crippen LogP contribution is 2.48. The van der Waals surface area contributed by atoms with Crippen LogP contribution in [0.5, 0.6) is 0 Å². The zero-order chi connectivity index (χ0) is 14.8. The Morgan fingerprint density at radius 1 is 1.35 bits per heavy atom. The monoisotopic (exact) mass is 282 g/mol. The Hall–Kier alpha value is -0.610. The van der Waals surface area contributed by atoms with Crippen molar-refractivity contribution >= 4 is 5.91 Å². The van der Waals surface area contributed by atoms with Crippen LogP contribution in [0.2, 0.25) is 0 Å². The molecule has 0 radical (unpaired) electrons. The van der Waals surface area contributed by atoms with E-state index in [2.05, 4.69) is 19.2 Å². The van der Waals surface area contributed by atoms with Gasteiger partial charge in [0.1, 0.15) is 0 Å². The van der Waals surface area contributed by atoms with Crippen LogP contribution >= 0.6 is 0 Å². The van der Waals surface area contributed by atoms with Crippen LogP contribution in [0.3, 0.4) is 0 Å². The molecule has 1 aliphatic heterocycles. The third-order valence-corrected chi connectivity index (χ3v) is 5.67. The summed E-state index contributed by atoms with van der Waals surface area (Å²) in [5.41, 5.74) is 0.289. The number of nitrogens with one attached hydrogen (secondary N) is 1. The molecular formula is C16H30N2O2. The van der Waals surface area contributed by atoms with E-state index in [1.807, 2.05) is 18.9 Å².